The van der Waals surface area contributed by atoms with Crippen molar-refractivity contribution in [1.82, 2.24) is 9.80 Å². The zero-order valence-corrected chi connectivity index (χ0v) is 16.9. The van der Waals surface area contributed by atoms with E-state index in [1.54, 1.807) is 59.1 Å². The molecule has 0 unspecified atom stereocenters. The van der Waals surface area contributed by atoms with Crippen molar-refractivity contribution in [3.8, 4) is 5.75 Å². The largest absolute Gasteiger partial charge is 0.497 e. The van der Waals surface area contributed by atoms with Crippen LogP contribution in [0.15, 0.2) is 24.3 Å². The van der Waals surface area contributed by atoms with Gasteiger partial charge in [0.1, 0.15) is 17.9 Å². The highest BCUT2D eigenvalue weighted by Crippen LogP contribution is 2.16. The maximum atomic E-state index is 12.4. The van der Waals surface area contributed by atoms with Gasteiger partial charge in [-0.05, 0) is 39.8 Å². The minimum Gasteiger partial charge on any atom is -0.497 e. The molecule has 0 spiro atoms. The number of benzene rings is 1. The highest BCUT2D eigenvalue weighted by Gasteiger charge is 2.23. The lowest BCUT2D eigenvalue weighted by atomic mass is 10.2. The molecular formula is C19H29N3O5. The van der Waals surface area contributed by atoms with Crippen molar-refractivity contribution in [2.45, 2.75) is 33.3 Å². The van der Waals surface area contributed by atoms with Crippen molar-refractivity contribution in [1.29, 1.82) is 0 Å². The molecule has 1 aromatic carbocycles. The van der Waals surface area contributed by atoms with Crippen LogP contribution >= 0.6 is 0 Å². The van der Waals surface area contributed by atoms with E-state index in [1.165, 1.54) is 16.8 Å². The molecular weight excluding hydrogens is 350 g/mol. The average molecular weight is 379 g/mol. The molecule has 3 amide bonds. The van der Waals surface area contributed by atoms with Crippen LogP contribution in [0.1, 0.15) is 27.7 Å². The van der Waals surface area contributed by atoms with E-state index in [0.29, 0.717) is 18.0 Å². The SMILES string of the molecule is CCN(CC(=O)Nc1cccc(OC)c1)C(=O)CN(C)C(=O)OC(C)(C)C. The van der Waals surface area contributed by atoms with E-state index < -0.39 is 11.7 Å². The van der Waals surface area contributed by atoms with Gasteiger partial charge in [0.15, 0.2) is 0 Å². The molecule has 0 aromatic heterocycles. The fourth-order valence-corrected chi connectivity index (χ4v) is 2.16. The van der Waals surface area contributed by atoms with Crippen molar-refractivity contribution in [3.05, 3.63) is 24.3 Å². The second-order valence-electron chi connectivity index (χ2n) is 7.02. The third-order valence-corrected chi connectivity index (χ3v) is 3.50. The van der Waals surface area contributed by atoms with Gasteiger partial charge in [-0.3, -0.25) is 9.59 Å². The number of ether oxygens (including phenoxy) is 2. The smallest absolute Gasteiger partial charge is 0.410 e. The van der Waals surface area contributed by atoms with Crippen LogP contribution in [0.4, 0.5) is 10.5 Å². The van der Waals surface area contributed by atoms with Gasteiger partial charge in [0.05, 0.1) is 13.7 Å². The lowest BCUT2D eigenvalue weighted by molar-refractivity contribution is -0.135. The van der Waals surface area contributed by atoms with Crippen LogP contribution in [-0.4, -0.2) is 67.1 Å². The van der Waals surface area contributed by atoms with Crippen LogP contribution in [0.2, 0.25) is 0 Å². The quantitative estimate of drug-likeness (QED) is 0.786. The molecule has 1 aromatic rings. The Morgan fingerprint density at radius 2 is 1.81 bits per heavy atom. The number of carbonyl (C=O) groups is 3. The Morgan fingerprint density at radius 1 is 1.15 bits per heavy atom. The Hall–Kier alpha value is -2.77. The summed E-state index contributed by atoms with van der Waals surface area (Å²) in [6.07, 6.45) is -0.590. The van der Waals surface area contributed by atoms with Crippen LogP contribution in [0.5, 0.6) is 5.75 Å². The highest BCUT2D eigenvalue weighted by molar-refractivity contribution is 5.95. The number of carbonyl (C=O) groups excluding carboxylic acids is 3. The molecule has 0 aliphatic rings. The van der Waals surface area contributed by atoms with Gasteiger partial charge in [-0.25, -0.2) is 4.79 Å². The molecule has 8 heteroatoms. The summed E-state index contributed by atoms with van der Waals surface area (Å²) in [5, 5.41) is 2.73. The summed E-state index contributed by atoms with van der Waals surface area (Å²) in [6, 6.07) is 6.94. The number of amides is 3. The third-order valence-electron chi connectivity index (χ3n) is 3.50. The summed E-state index contributed by atoms with van der Waals surface area (Å²) in [7, 11) is 3.02. The molecule has 1 rings (SSSR count). The first kappa shape index (κ1) is 22.3. The van der Waals surface area contributed by atoms with Gasteiger partial charge in [0.25, 0.3) is 0 Å². The van der Waals surface area contributed by atoms with Crippen molar-refractivity contribution in [2.24, 2.45) is 0 Å². The number of nitrogens with zero attached hydrogens (tertiary/aromatic N) is 2. The van der Waals surface area contributed by atoms with Gasteiger partial charge in [0.2, 0.25) is 11.8 Å². The monoisotopic (exact) mass is 379 g/mol. The van der Waals surface area contributed by atoms with Gasteiger partial charge in [-0.2, -0.15) is 0 Å². The van der Waals surface area contributed by atoms with Crippen molar-refractivity contribution in [3.63, 3.8) is 0 Å². The second kappa shape index (κ2) is 9.80. The first-order valence-corrected chi connectivity index (χ1v) is 8.71. The molecule has 0 atom stereocenters. The molecule has 0 aliphatic heterocycles. The summed E-state index contributed by atoms with van der Waals surface area (Å²) in [5.41, 5.74) is -0.0659. The molecule has 0 heterocycles. The Morgan fingerprint density at radius 3 is 2.37 bits per heavy atom. The minimum absolute atomic E-state index is 0.116. The van der Waals surface area contributed by atoms with Crippen molar-refractivity contribution < 1.29 is 23.9 Å². The zero-order chi connectivity index (χ0) is 20.6. The lowest BCUT2D eigenvalue weighted by Crippen LogP contribution is -2.45. The number of hydrogen-bond donors (Lipinski definition) is 1. The summed E-state index contributed by atoms with van der Waals surface area (Å²) in [4.78, 5) is 39.2. The molecule has 0 radical (unpaired) electrons. The van der Waals surface area contributed by atoms with E-state index in [9.17, 15) is 14.4 Å². The van der Waals surface area contributed by atoms with Crippen LogP contribution < -0.4 is 10.1 Å². The maximum Gasteiger partial charge on any atom is 0.410 e. The fourth-order valence-electron chi connectivity index (χ4n) is 2.16. The molecule has 0 saturated heterocycles. The lowest BCUT2D eigenvalue weighted by Gasteiger charge is -2.26. The molecule has 0 fully saturated rings. The first-order valence-electron chi connectivity index (χ1n) is 8.71. The van der Waals surface area contributed by atoms with Crippen LogP contribution in [0, 0.1) is 0 Å². The van der Waals surface area contributed by atoms with Crippen molar-refractivity contribution >= 4 is 23.6 Å². The van der Waals surface area contributed by atoms with E-state index in [1.807, 2.05) is 0 Å². The number of anilines is 1. The average Bonchev–Trinajstić information content (AvgIpc) is 2.58. The van der Waals surface area contributed by atoms with Gasteiger partial charge >= 0.3 is 6.09 Å². The Labute approximate surface area is 160 Å². The normalized spacial score (nSPS) is 10.7. The fraction of sp³-hybridized carbons (Fsp3) is 0.526. The van der Waals surface area contributed by atoms with Gasteiger partial charge in [0, 0.05) is 25.3 Å². The Balaban J connectivity index is 2.61. The van der Waals surface area contributed by atoms with Crippen LogP contribution in [0.25, 0.3) is 0 Å². The third kappa shape index (κ3) is 7.98. The molecule has 1 N–H and O–H groups in total. The highest BCUT2D eigenvalue weighted by atomic mass is 16.6. The first-order chi connectivity index (χ1) is 12.6. The zero-order valence-electron chi connectivity index (χ0n) is 16.9. The van der Waals surface area contributed by atoms with E-state index in [2.05, 4.69) is 5.32 Å². The van der Waals surface area contributed by atoms with Gasteiger partial charge < -0.3 is 24.6 Å². The Bertz CT molecular complexity index is 670. The topological polar surface area (TPSA) is 88.2 Å². The molecule has 0 bridgehead atoms. The Kier molecular flexibility index (Phi) is 8.08. The maximum absolute atomic E-state index is 12.4. The summed E-state index contributed by atoms with van der Waals surface area (Å²) >= 11 is 0. The predicted molar refractivity (Wildman–Crippen MR) is 103 cm³/mol. The van der Waals surface area contributed by atoms with Gasteiger partial charge in [-0.1, -0.05) is 6.07 Å². The number of likely N-dealkylation sites (N-methyl/N-ethyl adjacent to an activating group) is 2. The predicted octanol–water partition coefficient (Wildman–Crippen LogP) is 2.35. The molecule has 27 heavy (non-hydrogen) atoms. The standard InChI is InChI=1S/C19H29N3O5/c1-7-22(17(24)13-21(5)18(25)27-19(2,3)4)12-16(23)20-14-9-8-10-15(11-14)26-6/h8-11H,7,12-13H2,1-6H3,(H,20,23). The number of methoxy groups -OCH3 is 1. The van der Waals surface area contributed by atoms with E-state index in [4.69, 9.17) is 9.47 Å². The van der Waals surface area contributed by atoms with E-state index >= 15 is 0 Å². The van der Waals surface area contributed by atoms with E-state index in [0.717, 1.165) is 0 Å². The summed E-state index contributed by atoms with van der Waals surface area (Å²) in [5.74, 6) is -0.0553. The molecule has 150 valence electrons. The molecule has 0 aliphatic carbocycles. The second-order valence-corrected chi connectivity index (χ2v) is 7.02. The van der Waals surface area contributed by atoms with E-state index in [-0.39, 0.29) is 24.9 Å². The summed E-state index contributed by atoms with van der Waals surface area (Å²) < 4.78 is 10.3. The van der Waals surface area contributed by atoms with Crippen LogP contribution in [-0.2, 0) is 14.3 Å². The van der Waals surface area contributed by atoms with Crippen LogP contribution in [0.3, 0.4) is 0 Å². The van der Waals surface area contributed by atoms with Gasteiger partial charge in [-0.15, -0.1) is 0 Å². The number of rotatable bonds is 7. The number of hydrogen-bond acceptors (Lipinski definition) is 5. The summed E-state index contributed by atoms with van der Waals surface area (Å²) in [6.45, 7) is 7.08. The minimum atomic E-state index is -0.643. The molecule has 0 saturated carbocycles. The van der Waals surface area contributed by atoms with Crippen molar-refractivity contribution in [2.75, 3.05) is 39.1 Å². The molecule has 8 nitrogen and oxygen atoms in total. The number of nitrogens with one attached hydrogen (secondary N) is 1.